The minimum atomic E-state index is -3.24. The van der Waals surface area contributed by atoms with Gasteiger partial charge in [0.15, 0.2) is 0 Å². The molecule has 0 radical (unpaired) electrons. The minimum absolute atomic E-state index is 0.188. The lowest BCUT2D eigenvalue weighted by Gasteiger charge is -2.30. The Morgan fingerprint density at radius 3 is 1.81 bits per heavy atom. The van der Waals surface area contributed by atoms with E-state index in [2.05, 4.69) is 27.7 Å². The van der Waals surface area contributed by atoms with E-state index in [1.54, 1.807) is 0 Å². The normalized spacial score (nSPS) is 21.5. The smallest absolute Gasteiger partial charge is 0.334 e. The molecule has 1 heterocycles. The van der Waals surface area contributed by atoms with E-state index in [1.165, 1.54) is 0 Å². The monoisotopic (exact) mass is 390 g/mol. The highest BCUT2D eigenvalue weighted by atomic mass is 31.2. The third-order valence-corrected chi connectivity index (χ3v) is 7.16. The van der Waals surface area contributed by atoms with Crippen molar-refractivity contribution in [3.05, 3.63) is 0 Å². The largest absolute Gasteiger partial charge is 0.461 e. The average molecular weight is 391 g/mol. The van der Waals surface area contributed by atoms with Crippen LogP contribution in [0.15, 0.2) is 0 Å². The molecule has 1 rings (SSSR count). The van der Waals surface area contributed by atoms with Crippen molar-refractivity contribution in [1.29, 1.82) is 0 Å². The van der Waals surface area contributed by atoms with Gasteiger partial charge in [-0.15, -0.1) is 0 Å². The van der Waals surface area contributed by atoms with Crippen LogP contribution < -0.4 is 0 Å². The van der Waals surface area contributed by atoms with Crippen molar-refractivity contribution in [2.45, 2.75) is 91.6 Å². The van der Waals surface area contributed by atoms with Gasteiger partial charge in [0.25, 0.3) is 0 Å². The maximum absolute atomic E-state index is 13.3. The van der Waals surface area contributed by atoms with Crippen LogP contribution >= 0.6 is 7.60 Å². The van der Waals surface area contributed by atoms with E-state index < -0.39 is 7.60 Å². The van der Waals surface area contributed by atoms with Crippen LogP contribution in [0.5, 0.6) is 0 Å². The Morgan fingerprint density at radius 1 is 1.00 bits per heavy atom. The maximum atomic E-state index is 13.3. The van der Waals surface area contributed by atoms with E-state index in [-0.39, 0.29) is 18.2 Å². The van der Waals surface area contributed by atoms with Gasteiger partial charge in [0.05, 0.1) is 25.8 Å². The second-order valence-corrected chi connectivity index (χ2v) is 9.64. The fourth-order valence-corrected chi connectivity index (χ4v) is 4.95. The van der Waals surface area contributed by atoms with E-state index >= 15 is 0 Å². The van der Waals surface area contributed by atoms with E-state index in [9.17, 15) is 9.36 Å². The Hall–Kier alpha value is -0.380. The van der Waals surface area contributed by atoms with Crippen LogP contribution in [0.3, 0.4) is 0 Å². The molecule has 0 aliphatic carbocycles. The molecule has 0 saturated carbocycles. The van der Waals surface area contributed by atoms with Gasteiger partial charge in [-0.1, -0.05) is 66.2 Å². The molecule has 0 aromatic heterocycles. The van der Waals surface area contributed by atoms with Crippen molar-refractivity contribution in [3.8, 4) is 0 Å². The molecule has 0 amide bonds. The van der Waals surface area contributed by atoms with Crippen LogP contribution in [0, 0.1) is 11.8 Å². The summed E-state index contributed by atoms with van der Waals surface area (Å²) in [5.41, 5.74) is 0. The van der Waals surface area contributed by atoms with Gasteiger partial charge in [-0.2, -0.15) is 0 Å². The second kappa shape index (κ2) is 12.9. The molecule has 26 heavy (non-hydrogen) atoms. The number of ether oxygens (including phenoxy) is 1. The molecule has 1 fully saturated rings. The van der Waals surface area contributed by atoms with E-state index in [0.29, 0.717) is 31.5 Å². The summed E-state index contributed by atoms with van der Waals surface area (Å²) in [7, 11) is -3.24. The Bertz CT molecular complexity index is 408. The number of esters is 1. The standard InChI is InChI=1S/C20H39O5P/c1-5-9-11-17(7-3)14-23-26(22,16-19-13-20(21)25-19)24-15-18(8-4)12-10-6-2/h17-19H,5-16H2,1-4H3. The van der Waals surface area contributed by atoms with Crippen molar-refractivity contribution in [1.82, 2.24) is 0 Å². The first-order chi connectivity index (χ1) is 12.5. The molecule has 0 aromatic rings. The summed E-state index contributed by atoms with van der Waals surface area (Å²) in [6, 6.07) is 0. The van der Waals surface area contributed by atoms with E-state index in [0.717, 1.165) is 51.4 Å². The molecule has 1 aliphatic heterocycles. The number of rotatable bonds is 16. The summed E-state index contributed by atoms with van der Waals surface area (Å²) in [5, 5.41) is 0. The van der Waals surface area contributed by atoms with Crippen LogP contribution in [0.25, 0.3) is 0 Å². The first-order valence-electron chi connectivity index (χ1n) is 10.5. The van der Waals surface area contributed by atoms with Crippen LogP contribution in [0.1, 0.15) is 85.5 Å². The van der Waals surface area contributed by atoms with E-state index in [1.807, 2.05) is 0 Å². The second-order valence-electron chi connectivity index (χ2n) is 7.53. The van der Waals surface area contributed by atoms with Crippen LogP contribution in [-0.4, -0.2) is 31.4 Å². The van der Waals surface area contributed by atoms with Crippen molar-refractivity contribution in [3.63, 3.8) is 0 Å². The molecule has 0 aromatic carbocycles. The maximum Gasteiger partial charge on any atom is 0.334 e. The predicted octanol–water partition coefficient (Wildman–Crippen LogP) is 5.96. The highest BCUT2D eigenvalue weighted by Crippen LogP contribution is 2.51. The van der Waals surface area contributed by atoms with E-state index in [4.69, 9.17) is 13.8 Å². The number of hydrogen-bond acceptors (Lipinski definition) is 5. The van der Waals surface area contributed by atoms with Gasteiger partial charge in [0.1, 0.15) is 6.10 Å². The third-order valence-electron chi connectivity index (χ3n) is 5.22. The lowest BCUT2D eigenvalue weighted by atomic mass is 10.0. The summed E-state index contributed by atoms with van der Waals surface area (Å²) in [4.78, 5) is 11.1. The Balaban J connectivity index is 2.59. The summed E-state index contributed by atoms with van der Waals surface area (Å²) in [6.07, 6.45) is 8.97. The fourth-order valence-electron chi connectivity index (χ4n) is 3.09. The Kier molecular flexibility index (Phi) is 11.7. The summed E-state index contributed by atoms with van der Waals surface area (Å²) < 4.78 is 30.1. The number of hydrogen-bond donors (Lipinski definition) is 0. The highest BCUT2D eigenvalue weighted by Gasteiger charge is 2.38. The Labute approximate surface area is 160 Å². The molecule has 1 saturated heterocycles. The number of cyclic esters (lactones) is 1. The minimum Gasteiger partial charge on any atom is -0.461 e. The zero-order valence-electron chi connectivity index (χ0n) is 17.2. The summed E-state index contributed by atoms with van der Waals surface area (Å²) in [6.45, 7) is 9.55. The van der Waals surface area contributed by atoms with Gasteiger partial charge in [-0.3, -0.25) is 9.36 Å². The van der Waals surface area contributed by atoms with Crippen molar-refractivity contribution < 1.29 is 23.1 Å². The predicted molar refractivity (Wildman–Crippen MR) is 105 cm³/mol. The molecule has 0 spiro atoms. The van der Waals surface area contributed by atoms with Gasteiger partial charge in [-0.25, -0.2) is 0 Å². The van der Waals surface area contributed by atoms with Gasteiger partial charge >= 0.3 is 13.6 Å². The number of unbranched alkanes of at least 4 members (excludes halogenated alkanes) is 2. The lowest BCUT2D eigenvalue weighted by molar-refractivity contribution is -0.167. The lowest BCUT2D eigenvalue weighted by Crippen LogP contribution is -2.36. The van der Waals surface area contributed by atoms with Crippen molar-refractivity contribution in [2.24, 2.45) is 11.8 Å². The van der Waals surface area contributed by atoms with Crippen molar-refractivity contribution >= 4 is 13.6 Å². The number of carbonyl (C=O) groups is 1. The quantitative estimate of drug-likeness (QED) is 0.240. The van der Waals surface area contributed by atoms with Gasteiger partial charge in [-0.05, 0) is 24.7 Å². The molecular weight excluding hydrogens is 351 g/mol. The molecular formula is C20H39O5P. The molecule has 6 heteroatoms. The number of carbonyl (C=O) groups excluding carboxylic acids is 1. The first-order valence-corrected chi connectivity index (χ1v) is 12.3. The van der Waals surface area contributed by atoms with Gasteiger partial charge < -0.3 is 13.8 Å². The van der Waals surface area contributed by atoms with Crippen LogP contribution in [0.4, 0.5) is 0 Å². The molecule has 5 nitrogen and oxygen atoms in total. The molecule has 154 valence electrons. The molecule has 3 atom stereocenters. The fraction of sp³-hybridized carbons (Fsp3) is 0.950. The molecule has 3 unspecified atom stereocenters. The highest BCUT2D eigenvalue weighted by molar-refractivity contribution is 7.53. The SMILES string of the molecule is CCCCC(CC)COP(=O)(CC1CC(=O)O1)OCC(CC)CCCC. The molecule has 0 bridgehead atoms. The molecule has 0 N–H and O–H groups in total. The topological polar surface area (TPSA) is 61.8 Å². The van der Waals surface area contributed by atoms with Crippen LogP contribution in [-0.2, 0) is 23.1 Å². The first kappa shape index (κ1) is 23.7. The summed E-state index contributed by atoms with van der Waals surface area (Å²) >= 11 is 0. The average Bonchev–Trinajstić information content (AvgIpc) is 2.61. The summed E-state index contributed by atoms with van der Waals surface area (Å²) in [5.74, 6) is 0.570. The Morgan fingerprint density at radius 2 is 1.46 bits per heavy atom. The van der Waals surface area contributed by atoms with Crippen LogP contribution in [0.2, 0.25) is 0 Å². The third kappa shape index (κ3) is 9.01. The van der Waals surface area contributed by atoms with Crippen molar-refractivity contribution in [2.75, 3.05) is 19.4 Å². The van der Waals surface area contributed by atoms with Gasteiger partial charge in [0.2, 0.25) is 0 Å². The zero-order valence-corrected chi connectivity index (χ0v) is 18.1. The van der Waals surface area contributed by atoms with Gasteiger partial charge in [0, 0.05) is 0 Å². The molecule has 1 aliphatic rings. The zero-order chi connectivity index (χ0) is 19.4.